The summed E-state index contributed by atoms with van der Waals surface area (Å²) in [4.78, 5) is 18.0. The summed E-state index contributed by atoms with van der Waals surface area (Å²) in [6.45, 7) is 4.93. The third kappa shape index (κ3) is 4.50. The van der Waals surface area contributed by atoms with E-state index in [1.54, 1.807) is 23.7 Å². The fourth-order valence-corrected chi connectivity index (χ4v) is 6.03. The van der Waals surface area contributed by atoms with Gasteiger partial charge >= 0.3 is 0 Å². The molecule has 0 radical (unpaired) electrons. The number of fused-ring (bicyclic) bond motifs is 1. The van der Waals surface area contributed by atoms with Gasteiger partial charge in [0, 0.05) is 29.4 Å². The van der Waals surface area contributed by atoms with Crippen molar-refractivity contribution in [1.29, 1.82) is 5.26 Å². The van der Waals surface area contributed by atoms with Crippen LogP contribution in [0.5, 0.6) is 0 Å². The van der Waals surface area contributed by atoms with Gasteiger partial charge in [0.1, 0.15) is 11.1 Å². The molecule has 0 saturated carbocycles. The minimum atomic E-state index is -0.136. The summed E-state index contributed by atoms with van der Waals surface area (Å²) in [6.07, 6.45) is 7.64. The number of pyridine rings is 1. The van der Waals surface area contributed by atoms with E-state index in [1.165, 1.54) is 16.6 Å². The molecule has 160 valence electrons. The van der Waals surface area contributed by atoms with E-state index in [4.69, 9.17) is 0 Å². The maximum atomic E-state index is 12.7. The molecule has 1 aliphatic rings. The summed E-state index contributed by atoms with van der Waals surface area (Å²) in [6, 6.07) is 6.10. The lowest BCUT2D eigenvalue weighted by Gasteiger charge is -2.20. The van der Waals surface area contributed by atoms with Crippen molar-refractivity contribution in [3.05, 3.63) is 40.5 Å². The van der Waals surface area contributed by atoms with Crippen LogP contribution in [0.15, 0.2) is 29.7 Å². The third-order valence-corrected chi connectivity index (χ3v) is 7.75. The molecule has 0 bridgehead atoms. The molecule has 1 amide bonds. The van der Waals surface area contributed by atoms with Gasteiger partial charge in [0.05, 0.1) is 11.3 Å². The maximum Gasteiger partial charge on any atom is 0.235 e. The van der Waals surface area contributed by atoms with Crippen molar-refractivity contribution in [2.45, 2.75) is 51.2 Å². The highest BCUT2D eigenvalue weighted by Crippen LogP contribution is 2.40. The van der Waals surface area contributed by atoms with Gasteiger partial charge in [0.25, 0.3) is 0 Å². The normalized spacial score (nSPS) is 15.3. The summed E-state index contributed by atoms with van der Waals surface area (Å²) in [5, 5.41) is 22.6. The third-order valence-electron chi connectivity index (χ3n) is 5.61. The van der Waals surface area contributed by atoms with Gasteiger partial charge < -0.3 is 9.88 Å². The van der Waals surface area contributed by atoms with Crippen LogP contribution in [0.1, 0.15) is 42.7 Å². The van der Waals surface area contributed by atoms with Crippen molar-refractivity contribution in [3.8, 4) is 17.5 Å². The zero-order valence-electron chi connectivity index (χ0n) is 17.6. The van der Waals surface area contributed by atoms with Crippen LogP contribution in [-0.4, -0.2) is 31.4 Å². The van der Waals surface area contributed by atoms with Crippen molar-refractivity contribution >= 4 is 34.0 Å². The number of carbonyl (C=O) groups excluding carboxylic acids is 1. The maximum absolute atomic E-state index is 12.7. The van der Waals surface area contributed by atoms with Gasteiger partial charge in [-0.1, -0.05) is 25.1 Å². The molecular weight excluding hydrogens is 428 g/mol. The topological polar surface area (TPSA) is 96.5 Å². The largest absolute Gasteiger partial charge is 0.316 e. The summed E-state index contributed by atoms with van der Waals surface area (Å²) in [5.41, 5.74) is 2.71. The van der Waals surface area contributed by atoms with Crippen molar-refractivity contribution < 1.29 is 4.79 Å². The standard InChI is InChI=1S/C22H24N6OS2/c1-3-14-5-6-16-17(12-23)21(31-18(16)11-14)25-19(29)13-30-22-27-26-20(28(22)4-2)15-7-9-24-10-8-15/h7-10,14H,3-6,11,13H2,1-2H3,(H,25,29). The van der Waals surface area contributed by atoms with E-state index in [0.29, 0.717) is 28.2 Å². The first kappa shape index (κ1) is 21.5. The van der Waals surface area contributed by atoms with E-state index in [2.05, 4.69) is 33.5 Å². The van der Waals surface area contributed by atoms with Gasteiger partial charge in [-0.2, -0.15) is 5.26 Å². The molecule has 31 heavy (non-hydrogen) atoms. The fraction of sp³-hybridized carbons (Fsp3) is 0.409. The number of rotatable bonds is 7. The second-order valence-corrected chi connectivity index (χ2v) is 9.51. The van der Waals surface area contributed by atoms with Gasteiger partial charge in [-0.3, -0.25) is 9.78 Å². The predicted octanol–water partition coefficient (Wildman–Crippen LogP) is 4.54. The number of thiophene rings is 1. The highest BCUT2D eigenvalue weighted by molar-refractivity contribution is 7.99. The Kier molecular flexibility index (Phi) is 6.68. The highest BCUT2D eigenvalue weighted by atomic mass is 32.2. The van der Waals surface area contributed by atoms with Gasteiger partial charge in [-0.25, -0.2) is 0 Å². The van der Waals surface area contributed by atoms with E-state index < -0.39 is 0 Å². The molecule has 3 aromatic heterocycles. The number of amides is 1. The monoisotopic (exact) mass is 452 g/mol. The Morgan fingerprint density at radius 2 is 2.16 bits per heavy atom. The smallest absolute Gasteiger partial charge is 0.235 e. The second kappa shape index (κ2) is 9.62. The molecule has 1 N–H and O–H groups in total. The molecule has 4 rings (SSSR count). The highest BCUT2D eigenvalue weighted by Gasteiger charge is 2.26. The molecule has 3 aromatic rings. The Balaban J connectivity index is 1.45. The number of nitriles is 1. The van der Waals surface area contributed by atoms with Crippen LogP contribution in [0.4, 0.5) is 5.00 Å². The lowest BCUT2D eigenvalue weighted by Crippen LogP contribution is -2.15. The molecule has 9 heteroatoms. The van der Waals surface area contributed by atoms with Crippen LogP contribution in [-0.2, 0) is 24.2 Å². The predicted molar refractivity (Wildman–Crippen MR) is 123 cm³/mol. The van der Waals surface area contributed by atoms with Crippen LogP contribution in [0.3, 0.4) is 0 Å². The average Bonchev–Trinajstić information content (AvgIpc) is 3.37. The molecule has 1 unspecified atom stereocenters. The minimum Gasteiger partial charge on any atom is -0.316 e. The Morgan fingerprint density at radius 3 is 2.87 bits per heavy atom. The van der Waals surface area contributed by atoms with Crippen molar-refractivity contribution in [1.82, 2.24) is 19.7 Å². The number of nitrogens with zero attached hydrogens (tertiary/aromatic N) is 5. The van der Waals surface area contributed by atoms with E-state index in [0.717, 1.165) is 42.6 Å². The first-order chi connectivity index (χ1) is 15.1. The summed E-state index contributed by atoms with van der Waals surface area (Å²) in [7, 11) is 0. The first-order valence-electron chi connectivity index (χ1n) is 10.4. The quantitative estimate of drug-likeness (QED) is 0.529. The van der Waals surface area contributed by atoms with Crippen LogP contribution in [0, 0.1) is 17.2 Å². The molecule has 7 nitrogen and oxygen atoms in total. The molecular formula is C22H24N6OS2. The number of nitrogens with one attached hydrogen (secondary N) is 1. The molecule has 1 aliphatic carbocycles. The Hall–Kier alpha value is -2.70. The fourth-order valence-electron chi connectivity index (χ4n) is 3.90. The van der Waals surface area contributed by atoms with Crippen LogP contribution in [0.2, 0.25) is 0 Å². The average molecular weight is 453 g/mol. The second-order valence-electron chi connectivity index (χ2n) is 7.46. The molecule has 3 heterocycles. The number of hydrogen-bond acceptors (Lipinski definition) is 7. The van der Waals surface area contributed by atoms with Gasteiger partial charge in [0.15, 0.2) is 11.0 Å². The van der Waals surface area contributed by atoms with Crippen molar-refractivity contribution in [3.63, 3.8) is 0 Å². The zero-order chi connectivity index (χ0) is 21.8. The van der Waals surface area contributed by atoms with Crippen LogP contribution in [0.25, 0.3) is 11.4 Å². The lowest BCUT2D eigenvalue weighted by molar-refractivity contribution is -0.113. The zero-order valence-corrected chi connectivity index (χ0v) is 19.2. The molecule has 0 spiro atoms. The van der Waals surface area contributed by atoms with E-state index in [1.807, 2.05) is 23.6 Å². The van der Waals surface area contributed by atoms with Gasteiger partial charge in [-0.15, -0.1) is 21.5 Å². The van der Waals surface area contributed by atoms with Crippen LogP contribution >= 0.6 is 23.1 Å². The summed E-state index contributed by atoms with van der Waals surface area (Å²) in [5.74, 6) is 1.51. The number of thioether (sulfide) groups is 1. The van der Waals surface area contributed by atoms with Crippen LogP contribution < -0.4 is 5.32 Å². The number of aromatic nitrogens is 4. The van der Waals surface area contributed by atoms with E-state index >= 15 is 0 Å². The Morgan fingerprint density at radius 1 is 1.35 bits per heavy atom. The Bertz CT molecular complexity index is 1120. The molecule has 1 atom stereocenters. The molecule has 0 aliphatic heterocycles. The van der Waals surface area contributed by atoms with E-state index in [-0.39, 0.29) is 11.7 Å². The summed E-state index contributed by atoms with van der Waals surface area (Å²) < 4.78 is 1.99. The molecule has 0 aromatic carbocycles. The number of anilines is 1. The van der Waals surface area contributed by atoms with Gasteiger partial charge in [0.2, 0.25) is 5.91 Å². The van der Waals surface area contributed by atoms with Crippen molar-refractivity contribution in [2.75, 3.05) is 11.1 Å². The number of carbonyl (C=O) groups is 1. The summed E-state index contributed by atoms with van der Waals surface area (Å²) >= 11 is 2.91. The van der Waals surface area contributed by atoms with Crippen molar-refractivity contribution in [2.24, 2.45) is 5.92 Å². The number of hydrogen-bond donors (Lipinski definition) is 1. The van der Waals surface area contributed by atoms with Gasteiger partial charge in [-0.05, 0) is 49.8 Å². The SMILES string of the molecule is CCC1CCc2c(sc(NC(=O)CSc3nnc(-c4ccncc4)n3CC)c2C#N)C1. The minimum absolute atomic E-state index is 0.136. The molecule has 0 saturated heterocycles. The molecule has 0 fully saturated rings. The van der Waals surface area contributed by atoms with E-state index in [9.17, 15) is 10.1 Å². The lowest BCUT2D eigenvalue weighted by atomic mass is 9.86. The first-order valence-corrected chi connectivity index (χ1v) is 12.3. The Labute approximate surface area is 189 Å².